The molecule has 3 heteroatoms. The van der Waals surface area contributed by atoms with E-state index in [-0.39, 0.29) is 5.92 Å². The molecular weight excluding hydrogens is 192 g/mol. The molecule has 0 amide bonds. The number of hydrogen-bond donors (Lipinski definition) is 0. The lowest BCUT2D eigenvalue weighted by molar-refractivity contribution is -0.159. The highest BCUT2D eigenvalue weighted by Crippen LogP contribution is 2.11. The third kappa shape index (κ3) is 5.35. The van der Waals surface area contributed by atoms with Crippen molar-refractivity contribution in [1.29, 1.82) is 0 Å². The quantitative estimate of drug-likeness (QED) is 0.386. The van der Waals surface area contributed by atoms with Gasteiger partial charge >= 0.3 is 11.9 Å². The van der Waals surface area contributed by atoms with Crippen molar-refractivity contribution in [1.82, 2.24) is 0 Å². The Hall–Kier alpha value is -1.12. The number of ether oxygens (including phenoxy) is 1. The second-order valence-corrected chi connectivity index (χ2v) is 3.71. The van der Waals surface area contributed by atoms with E-state index in [2.05, 4.69) is 18.2 Å². The number of rotatable bonds is 6. The van der Waals surface area contributed by atoms with Gasteiger partial charge in [-0.25, -0.2) is 4.79 Å². The zero-order chi connectivity index (χ0) is 11.8. The van der Waals surface area contributed by atoms with Crippen LogP contribution >= 0.6 is 0 Å². The molecule has 0 saturated heterocycles. The van der Waals surface area contributed by atoms with Crippen LogP contribution in [0.4, 0.5) is 0 Å². The predicted octanol–water partition coefficient (Wildman–Crippen LogP) is 2.85. The summed E-state index contributed by atoms with van der Waals surface area (Å²) in [5.74, 6) is -1.24. The third-order valence-corrected chi connectivity index (χ3v) is 2.30. The van der Waals surface area contributed by atoms with Crippen LogP contribution in [0.3, 0.4) is 0 Å². The van der Waals surface area contributed by atoms with E-state index in [9.17, 15) is 9.59 Å². The number of esters is 2. The maximum absolute atomic E-state index is 11.4. The Morgan fingerprint density at radius 1 is 1.33 bits per heavy atom. The summed E-state index contributed by atoms with van der Waals surface area (Å²) >= 11 is 0. The maximum atomic E-state index is 11.4. The van der Waals surface area contributed by atoms with Gasteiger partial charge in [0.05, 0.1) is 5.92 Å². The summed E-state index contributed by atoms with van der Waals surface area (Å²) in [5, 5.41) is 0. The first-order chi connectivity index (χ1) is 7.02. The standard InChI is InChI=1S/C12H20O3/c1-5-7-8-10(4)12(14)15-11(13)9(3)6-2/h10H,3,5-8H2,1-2,4H3. The molecule has 3 nitrogen and oxygen atoms in total. The summed E-state index contributed by atoms with van der Waals surface area (Å²) in [6.45, 7) is 9.16. The van der Waals surface area contributed by atoms with Gasteiger partial charge in [-0.2, -0.15) is 0 Å². The zero-order valence-electron chi connectivity index (χ0n) is 9.84. The topological polar surface area (TPSA) is 43.4 Å². The zero-order valence-corrected chi connectivity index (χ0v) is 9.84. The Kier molecular flexibility index (Phi) is 6.67. The van der Waals surface area contributed by atoms with Crippen molar-refractivity contribution in [2.75, 3.05) is 0 Å². The molecule has 0 aromatic carbocycles. The van der Waals surface area contributed by atoms with Crippen molar-refractivity contribution in [2.45, 2.75) is 46.5 Å². The number of carbonyl (C=O) groups is 2. The van der Waals surface area contributed by atoms with Gasteiger partial charge in [0.25, 0.3) is 0 Å². The summed E-state index contributed by atoms with van der Waals surface area (Å²) in [4.78, 5) is 22.6. The first kappa shape index (κ1) is 13.9. The van der Waals surface area contributed by atoms with E-state index >= 15 is 0 Å². The number of hydrogen-bond acceptors (Lipinski definition) is 3. The molecule has 1 atom stereocenters. The van der Waals surface area contributed by atoms with Gasteiger partial charge in [0.15, 0.2) is 0 Å². The van der Waals surface area contributed by atoms with Gasteiger partial charge in [-0.1, -0.05) is 40.2 Å². The molecule has 0 aromatic rings. The van der Waals surface area contributed by atoms with E-state index < -0.39 is 11.9 Å². The van der Waals surface area contributed by atoms with E-state index in [1.165, 1.54) is 0 Å². The van der Waals surface area contributed by atoms with Crippen LogP contribution in [0.25, 0.3) is 0 Å². The van der Waals surface area contributed by atoms with Crippen molar-refractivity contribution in [3.63, 3.8) is 0 Å². The van der Waals surface area contributed by atoms with Crippen LogP contribution < -0.4 is 0 Å². The van der Waals surface area contributed by atoms with Gasteiger partial charge in [-0.3, -0.25) is 4.79 Å². The van der Waals surface area contributed by atoms with Crippen LogP contribution in [0.15, 0.2) is 12.2 Å². The minimum atomic E-state index is -0.592. The first-order valence-corrected chi connectivity index (χ1v) is 5.46. The highest BCUT2D eigenvalue weighted by atomic mass is 16.6. The molecular formula is C12H20O3. The summed E-state index contributed by atoms with van der Waals surface area (Å²) in [7, 11) is 0. The lowest BCUT2D eigenvalue weighted by atomic mass is 10.1. The fraction of sp³-hybridized carbons (Fsp3) is 0.667. The van der Waals surface area contributed by atoms with Crippen molar-refractivity contribution < 1.29 is 14.3 Å². The molecule has 0 aliphatic rings. The predicted molar refractivity (Wildman–Crippen MR) is 59.2 cm³/mol. The Labute approximate surface area is 91.5 Å². The molecule has 0 aliphatic heterocycles. The van der Waals surface area contributed by atoms with Crippen LogP contribution in [-0.4, -0.2) is 11.9 Å². The SMILES string of the molecule is C=C(CC)C(=O)OC(=O)C(C)CCCC. The molecule has 0 bridgehead atoms. The molecule has 0 fully saturated rings. The van der Waals surface area contributed by atoms with Crippen molar-refractivity contribution in [3.8, 4) is 0 Å². The van der Waals surface area contributed by atoms with Crippen molar-refractivity contribution in [2.24, 2.45) is 5.92 Å². The third-order valence-electron chi connectivity index (χ3n) is 2.30. The normalized spacial score (nSPS) is 11.9. The Morgan fingerprint density at radius 3 is 2.40 bits per heavy atom. The number of unbranched alkanes of at least 4 members (excludes halogenated alkanes) is 1. The molecule has 0 aromatic heterocycles. The van der Waals surface area contributed by atoms with Gasteiger partial charge in [0.1, 0.15) is 0 Å². The molecule has 0 N–H and O–H groups in total. The van der Waals surface area contributed by atoms with Gasteiger partial charge < -0.3 is 4.74 Å². The van der Waals surface area contributed by atoms with E-state index in [1.54, 1.807) is 13.8 Å². The Balaban J connectivity index is 4.01. The monoisotopic (exact) mass is 212 g/mol. The summed E-state index contributed by atoms with van der Waals surface area (Å²) in [6, 6.07) is 0. The highest BCUT2D eigenvalue weighted by Gasteiger charge is 2.18. The highest BCUT2D eigenvalue weighted by molar-refractivity contribution is 5.96. The molecule has 15 heavy (non-hydrogen) atoms. The maximum Gasteiger partial charge on any atom is 0.341 e. The molecule has 0 aliphatic carbocycles. The smallest absolute Gasteiger partial charge is 0.341 e. The first-order valence-electron chi connectivity index (χ1n) is 5.46. The Bertz CT molecular complexity index is 243. The van der Waals surface area contributed by atoms with E-state index in [1.807, 2.05) is 0 Å². The Morgan fingerprint density at radius 2 is 1.93 bits per heavy atom. The van der Waals surface area contributed by atoms with Crippen LogP contribution in [0, 0.1) is 5.92 Å². The lowest BCUT2D eigenvalue weighted by Gasteiger charge is -2.09. The minimum absolute atomic E-state index is 0.210. The van der Waals surface area contributed by atoms with Crippen molar-refractivity contribution in [3.05, 3.63) is 12.2 Å². The van der Waals surface area contributed by atoms with Gasteiger partial charge in [0.2, 0.25) is 0 Å². The molecule has 0 saturated carbocycles. The summed E-state index contributed by atoms with van der Waals surface area (Å²) in [6.07, 6.45) is 3.28. The van der Waals surface area contributed by atoms with Crippen LogP contribution in [0.5, 0.6) is 0 Å². The largest absolute Gasteiger partial charge is 0.389 e. The fourth-order valence-electron chi connectivity index (χ4n) is 1.04. The minimum Gasteiger partial charge on any atom is -0.389 e. The second-order valence-electron chi connectivity index (χ2n) is 3.71. The van der Waals surface area contributed by atoms with Crippen LogP contribution in [0.2, 0.25) is 0 Å². The second kappa shape index (κ2) is 7.21. The van der Waals surface area contributed by atoms with E-state index in [4.69, 9.17) is 0 Å². The summed E-state index contributed by atoms with van der Waals surface area (Å²) < 4.78 is 4.68. The van der Waals surface area contributed by atoms with E-state index in [0.717, 1.165) is 19.3 Å². The molecule has 0 rings (SSSR count). The lowest BCUT2D eigenvalue weighted by Crippen LogP contribution is -2.20. The average molecular weight is 212 g/mol. The molecule has 0 radical (unpaired) electrons. The van der Waals surface area contributed by atoms with Gasteiger partial charge in [-0.05, 0) is 12.8 Å². The molecule has 86 valence electrons. The molecule has 1 unspecified atom stereocenters. The van der Waals surface area contributed by atoms with E-state index in [0.29, 0.717) is 12.0 Å². The van der Waals surface area contributed by atoms with Gasteiger partial charge in [-0.15, -0.1) is 0 Å². The van der Waals surface area contributed by atoms with Crippen molar-refractivity contribution >= 4 is 11.9 Å². The van der Waals surface area contributed by atoms with Crippen LogP contribution in [0.1, 0.15) is 46.5 Å². The molecule has 0 spiro atoms. The van der Waals surface area contributed by atoms with Crippen LogP contribution in [-0.2, 0) is 14.3 Å². The average Bonchev–Trinajstić information content (AvgIpc) is 2.24. The number of carbonyl (C=O) groups excluding carboxylic acids is 2. The summed E-state index contributed by atoms with van der Waals surface area (Å²) in [5.41, 5.74) is 0.339. The van der Waals surface area contributed by atoms with Gasteiger partial charge in [0, 0.05) is 5.57 Å². The fourth-order valence-corrected chi connectivity index (χ4v) is 1.04. The molecule has 0 heterocycles.